The number of aryl methyl sites for hydroxylation is 2. The summed E-state index contributed by atoms with van der Waals surface area (Å²) in [5.41, 5.74) is 3.19. The van der Waals surface area contributed by atoms with Crippen LogP contribution < -0.4 is 0 Å². The average Bonchev–Trinajstić information content (AvgIpc) is 3.06. The Bertz CT molecular complexity index is 932. The summed E-state index contributed by atoms with van der Waals surface area (Å²) < 4.78 is 27.7. The number of hydrogen-bond donors (Lipinski definition) is 0. The molecule has 0 spiro atoms. The number of nitriles is 1. The second-order valence-electron chi connectivity index (χ2n) is 6.46. The Hall–Kier alpha value is -2.23. The summed E-state index contributed by atoms with van der Waals surface area (Å²) in [5.74, 6) is 0. The van der Waals surface area contributed by atoms with E-state index in [1.54, 1.807) is 11.2 Å². The fourth-order valence-electron chi connectivity index (χ4n) is 3.33. The highest BCUT2D eigenvalue weighted by atomic mass is 32.2. The van der Waals surface area contributed by atoms with Crippen molar-refractivity contribution >= 4 is 10.0 Å². The van der Waals surface area contributed by atoms with E-state index in [-0.39, 0.29) is 10.9 Å². The van der Waals surface area contributed by atoms with Gasteiger partial charge in [0, 0.05) is 18.8 Å². The number of pyridine rings is 1. The minimum Gasteiger partial charge on any atom is -0.259 e. The van der Waals surface area contributed by atoms with Crippen LogP contribution in [-0.2, 0) is 16.4 Å². The number of nitrogens with zero attached hydrogens (tertiary/aromatic N) is 3. The minimum absolute atomic E-state index is 0.0575. The molecular weight excluding hydrogens is 334 g/mol. The molecule has 0 N–H and O–H groups in total. The van der Waals surface area contributed by atoms with Crippen molar-refractivity contribution in [3.8, 4) is 6.07 Å². The van der Waals surface area contributed by atoms with Crippen molar-refractivity contribution in [1.82, 2.24) is 9.29 Å². The van der Waals surface area contributed by atoms with Gasteiger partial charge in [-0.15, -0.1) is 0 Å². The smallest absolute Gasteiger partial charge is 0.244 e. The molecule has 1 aromatic heterocycles. The van der Waals surface area contributed by atoms with Gasteiger partial charge in [0.2, 0.25) is 10.0 Å². The maximum absolute atomic E-state index is 13.1. The molecule has 1 unspecified atom stereocenters. The molecule has 1 fully saturated rings. The van der Waals surface area contributed by atoms with Gasteiger partial charge in [-0.3, -0.25) is 4.98 Å². The standard InChI is InChI=1S/C19H21N3O2S/c1-14-6-3-4-7-16(14)10-18-8-5-9-22(18)25(23,24)19-11-17(12-20)15(2)21-13-19/h3-4,6-7,11,13,18H,5,8-10H2,1-2H3. The zero-order chi connectivity index (χ0) is 18.0. The fraction of sp³-hybridized carbons (Fsp3) is 0.368. The highest BCUT2D eigenvalue weighted by Crippen LogP contribution is 2.29. The zero-order valence-electron chi connectivity index (χ0n) is 14.4. The van der Waals surface area contributed by atoms with E-state index < -0.39 is 10.0 Å². The van der Waals surface area contributed by atoms with Crippen LogP contribution in [0.5, 0.6) is 0 Å². The summed E-state index contributed by atoms with van der Waals surface area (Å²) in [6.45, 7) is 4.26. The molecule has 3 rings (SSSR count). The molecule has 0 amide bonds. The summed E-state index contributed by atoms with van der Waals surface area (Å²) in [4.78, 5) is 4.19. The number of sulfonamides is 1. The van der Waals surface area contributed by atoms with Crippen molar-refractivity contribution in [3.63, 3.8) is 0 Å². The van der Waals surface area contributed by atoms with Crippen molar-refractivity contribution < 1.29 is 8.42 Å². The van der Waals surface area contributed by atoms with Crippen molar-refractivity contribution in [2.24, 2.45) is 0 Å². The third-order valence-electron chi connectivity index (χ3n) is 4.83. The number of hydrogen-bond acceptors (Lipinski definition) is 4. The van der Waals surface area contributed by atoms with Crippen LogP contribution in [0.15, 0.2) is 41.4 Å². The predicted molar refractivity (Wildman–Crippen MR) is 95.5 cm³/mol. The fourth-order valence-corrected chi connectivity index (χ4v) is 4.99. The summed E-state index contributed by atoms with van der Waals surface area (Å²) in [7, 11) is -3.65. The lowest BCUT2D eigenvalue weighted by atomic mass is 10.0. The summed E-state index contributed by atoms with van der Waals surface area (Å²) >= 11 is 0. The van der Waals surface area contributed by atoms with Gasteiger partial charge < -0.3 is 0 Å². The maximum Gasteiger partial charge on any atom is 0.244 e. The van der Waals surface area contributed by atoms with Gasteiger partial charge in [0.25, 0.3) is 0 Å². The van der Waals surface area contributed by atoms with Crippen molar-refractivity contribution in [2.45, 2.75) is 44.0 Å². The Labute approximate surface area is 149 Å². The van der Waals surface area contributed by atoms with Crippen LogP contribution in [0.2, 0.25) is 0 Å². The first-order valence-electron chi connectivity index (χ1n) is 8.36. The lowest BCUT2D eigenvalue weighted by molar-refractivity contribution is 0.385. The van der Waals surface area contributed by atoms with E-state index in [0.29, 0.717) is 24.2 Å². The van der Waals surface area contributed by atoms with E-state index in [4.69, 9.17) is 5.26 Å². The monoisotopic (exact) mass is 355 g/mol. The van der Waals surface area contributed by atoms with Gasteiger partial charge in [-0.05, 0) is 50.3 Å². The van der Waals surface area contributed by atoms with Crippen molar-refractivity contribution in [2.75, 3.05) is 6.54 Å². The van der Waals surface area contributed by atoms with Gasteiger partial charge in [-0.25, -0.2) is 8.42 Å². The second-order valence-corrected chi connectivity index (χ2v) is 8.35. The zero-order valence-corrected chi connectivity index (χ0v) is 15.3. The van der Waals surface area contributed by atoms with Crippen LogP contribution in [0, 0.1) is 25.2 Å². The first-order chi connectivity index (χ1) is 11.9. The largest absolute Gasteiger partial charge is 0.259 e. The molecule has 5 nitrogen and oxygen atoms in total. The lowest BCUT2D eigenvalue weighted by Gasteiger charge is -2.24. The Morgan fingerprint density at radius 3 is 2.80 bits per heavy atom. The highest BCUT2D eigenvalue weighted by Gasteiger charge is 2.35. The molecule has 1 aromatic carbocycles. The highest BCUT2D eigenvalue weighted by molar-refractivity contribution is 7.89. The number of aromatic nitrogens is 1. The first kappa shape index (κ1) is 17.6. The van der Waals surface area contributed by atoms with Crippen LogP contribution in [0.4, 0.5) is 0 Å². The molecule has 25 heavy (non-hydrogen) atoms. The number of benzene rings is 1. The molecule has 0 saturated carbocycles. The van der Waals surface area contributed by atoms with E-state index in [1.807, 2.05) is 31.2 Å². The predicted octanol–water partition coefficient (Wildman–Crippen LogP) is 2.97. The average molecular weight is 355 g/mol. The SMILES string of the molecule is Cc1ccccc1CC1CCCN1S(=O)(=O)c1cnc(C)c(C#N)c1. The molecule has 0 radical (unpaired) electrons. The molecule has 0 bridgehead atoms. The quantitative estimate of drug-likeness (QED) is 0.845. The molecule has 1 aliphatic heterocycles. The molecule has 0 aliphatic carbocycles. The molecule has 6 heteroatoms. The van der Waals surface area contributed by atoms with Gasteiger partial charge in [0.15, 0.2) is 0 Å². The first-order valence-corrected chi connectivity index (χ1v) is 9.80. The molecule has 2 heterocycles. The van der Waals surface area contributed by atoms with E-state index in [0.717, 1.165) is 12.8 Å². The van der Waals surface area contributed by atoms with E-state index in [9.17, 15) is 8.42 Å². The van der Waals surface area contributed by atoms with Crippen LogP contribution in [0.3, 0.4) is 0 Å². The third-order valence-corrected chi connectivity index (χ3v) is 6.75. The molecule has 130 valence electrons. The lowest BCUT2D eigenvalue weighted by Crippen LogP contribution is -2.37. The Morgan fingerprint density at radius 2 is 2.08 bits per heavy atom. The van der Waals surface area contributed by atoms with Crippen LogP contribution in [-0.4, -0.2) is 30.3 Å². The molecule has 1 atom stereocenters. The van der Waals surface area contributed by atoms with Crippen LogP contribution in [0.25, 0.3) is 0 Å². The van der Waals surface area contributed by atoms with Crippen LogP contribution in [0.1, 0.15) is 35.2 Å². The minimum atomic E-state index is -3.65. The van der Waals surface area contributed by atoms with Gasteiger partial charge in [0.1, 0.15) is 11.0 Å². The van der Waals surface area contributed by atoms with E-state index >= 15 is 0 Å². The summed E-state index contributed by atoms with van der Waals surface area (Å²) in [5, 5.41) is 9.15. The summed E-state index contributed by atoms with van der Waals surface area (Å²) in [6.07, 6.45) is 3.75. The topological polar surface area (TPSA) is 74.1 Å². The normalized spacial score (nSPS) is 18.2. The van der Waals surface area contributed by atoms with Crippen molar-refractivity contribution in [3.05, 3.63) is 58.9 Å². The molecule has 1 saturated heterocycles. The van der Waals surface area contributed by atoms with Gasteiger partial charge in [-0.1, -0.05) is 24.3 Å². The summed E-state index contributed by atoms with van der Waals surface area (Å²) in [6, 6.07) is 11.5. The third kappa shape index (κ3) is 3.44. The molecule has 1 aliphatic rings. The van der Waals surface area contributed by atoms with E-state index in [2.05, 4.69) is 11.1 Å². The maximum atomic E-state index is 13.1. The van der Waals surface area contributed by atoms with Gasteiger partial charge in [-0.2, -0.15) is 9.57 Å². The van der Waals surface area contributed by atoms with Crippen molar-refractivity contribution in [1.29, 1.82) is 5.26 Å². The molecule has 2 aromatic rings. The number of rotatable bonds is 4. The Balaban J connectivity index is 1.91. The van der Waals surface area contributed by atoms with Gasteiger partial charge >= 0.3 is 0 Å². The van der Waals surface area contributed by atoms with E-state index in [1.165, 1.54) is 23.4 Å². The Morgan fingerprint density at radius 1 is 1.32 bits per heavy atom. The van der Waals surface area contributed by atoms with Crippen LogP contribution >= 0.6 is 0 Å². The molecular formula is C19H21N3O2S. The van der Waals surface area contributed by atoms with Gasteiger partial charge in [0.05, 0.1) is 11.3 Å². The Kier molecular flexibility index (Phi) is 4.89. The second kappa shape index (κ2) is 6.95.